The van der Waals surface area contributed by atoms with Crippen LogP contribution in [0.1, 0.15) is 5.89 Å². The molecule has 2 aromatic carbocycles. The number of nitrogens with one attached hydrogen (secondary N) is 1. The van der Waals surface area contributed by atoms with Crippen LogP contribution in [0, 0.1) is 0 Å². The van der Waals surface area contributed by atoms with Crippen molar-refractivity contribution < 1.29 is 14.0 Å². The van der Waals surface area contributed by atoms with E-state index in [4.69, 9.17) is 31.3 Å². The molecular formula is C19H20ClN5O3. The molecule has 0 fully saturated rings. The van der Waals surface area contributed by atoms with Gasteiger partial charge >= 0.3 is 0 Å². The van der Waals surface area contributed by atoms with Gasteiger partial charge in [0, 0.05) is 28.8 Å². The van der Waals surface area contributed by atoms with Crippen LogP contribution in [0.5, 0.6) is 11.5 Å². The molecule has 1 aromatic heterocycles. The zero-order chi connectivity index (χ0) is 19.9. The quantitative estimate of drug-likeness (QED) is 0.461. The van der Waals surface area contributed by atoms with Gasteiger partial charge in [-0.15, -0.1) is 0 Å². The molecule has 1 heterocycles. The van der Waals surface area contributed by atoms with Gasteiger partial charge < -0.3 is 25.0 Å². The zero-order valence-electron chi connectivity index (χ0n) is 15.5. The van der Waals surface area contributed by atoms with E-state index in [1.807, 2.05) is 18.2 Å². The van der Waals surface area contributed by atoms with Crippen molar-refractivity contribution in [1.29, 1.82) is 0 Å². The second kappa shape index (κ2) is 9.09. The summed E-state index contributed by atoms with van der Waals surface area (Å²) in [5.74, 6) is 2.49. The van der Waals surface area contributed by atoms with E-state index in [0.29, 0.717) is 41.2 Å². The predicted octanol–water partition coefficient (Wildman–Crippen LogP) is 3.38. The van der Waals surface area contributed by atoms with E-state index in [1.54, 1.807) is 38.5 Å². The Bertz CT molecular complexity index is 956. The molecule has 0 spiro atoms. The van der Waals surface area contributed by atoms with E-state index in [2.05, 4.69) is 20.4 Å². The number of ether oxygens (including phenoxy) is 2. The molecule has 146 valence electrons. The van der Waals surface area contributed by atoms with Crippen LogP contribution in [-0.2, 0) is 6.42 Å². The summed E-state index contributed by atoms with van der Waals surface area (Å²) in [5, 5.41) is 7.62. The molecule has 0 unspecified atom stereocenters. The van der Waals surface area contributed by atoms with Crippen molar-refractivity contribution in [3.8, 4) is 22.9 Å². The Kier molecular flexibility index (Phi) is 6.33. The van der Waals surface area contributed by atoms with Crippen LogP contribution in [0.2, 0.25) is 5.02 Å². The molecule has 0 aliphatic carbocycles. The molecule has 28 heavy (non-hydrogen) atoms. The number of benzene rings is 2. The minimum Gasteiger partial charge on any atom is -0.493 e. The van der Waals surface area contributed by atoms with Gasteiger partial charge in [-0.2, -0.15) is 4.98 Å². The minimum atomic E-state index is 0.268. The summed E-state index contributed by atoms with van der Waals surface area (Å²) < 4.78 is 15.7. The van der Waals surface area contributed by atoms with Gasteiger partial charge in [-0.05, 0) is 36.4 Å². The summed E-state index contributed by atoms with van der Waals surface area (Å²) in [4.78, 5) is 8.62. The standard InChI is InChI=1S/C19H20ClN5O3/c1-26-15-8-7-14(11-16(15)27-2)23-19(21)22-10-9-17-24-18(25-28-17)12-3-5-13(20)6-4-12/h3-8,11H,9-10H2,1-2H3,(H3,21,22,23). The van der Waals surface area contributed by atoms with Gasteiger partial charge in [-0.25, -0.2) is 0 Å². The molecule has 3 rings (SSSR count). The maximum absolute atomic E-state index is 5.93. The predicted molar refractivity (Wildman–Crippen MR) is 108 cm³/mol. The van der Waals surface area contributed by atoms with Crippen LogP contribution in [0.25, 0.3) is 11.4 Å². The Morgan fingerprint density at radius 3 is 2.61 bits per heavy atom. The Labute approximate surface area is 167 Å². The first-order chi connectivity index (χ1) is 13.6. The van der Waals surface area contributed by atoms with Crippen molar-refractivity contribution in [2.45, 2.75) is 6.42 Å². The summed E-state index contributed by atoms with van der Waals surface area (Å²) in [5.41, 5.74) is 7.50. The van der Waals surface area contributed by atoms with Crippen molar-refractivity contribution in [2.24, 2.45) is 10.7 Å². The minimum absolute atomic E-state index is 0.268. The summed E-state index contributed by atoms with van der Waals surface area (Å²) in [6, 6.07) is 12.6. The Hall–Kier alpha value is -3.26. The number of rotatable bonds is 7. The van der Waals surface area contributed by atoms with Crippen LogP contribution in [-0.4, -0.2) is 36.9 Å². The number of nitrogens with zero attached hydrogens (tertiary/aromatic N) is 3. The van der Waals surface area contributed by atoms with E-state index in [9.17, 15) is 0 Å². The highest BCUT2D eigenvalue weighted by Crippen LogP contribution is 2.29. The number of hydrogen-bond acceptors (Lipinski definition) is 6. The highest BCUT2D eigenvalue weighted by Gasteiger charge is 2.09. The van der Waals surface area contributed by atoms with Crippen LogP contribution in [0.3, 0.4) is 0 Å². The van der Waals surface area contributed by atoms with Crippen LogP contribution in [0.4, 0.5) is 5.69 Å². The fourth-order valence-electron chi connectivity index (χ4n) is 2.45. The van der Waals surface area contributed by atoms with Crippen LogP contribution < -0.4 is 20.5 Å². The summed E-state index contributed by atoms with van der Waals surface area (Å²) in [6.07, 6.45) is 0.467. The molecule has 0 saturated carbocycles. The van der Waals surface area contributed by atoms with Gasteiger partial charge in [0.15, 0.2) is 17.5 Å². The van der Waals surface area contributed by atoms with Gasteiger partial charge in [0.05, 0.1) is 20.8 Å². The molecule has 9 heteroatoms. The van der Waals surface area contributed by atoms with Crippen molar-refractivity contribution in [1.82, 2.24) is 10.1 Å². The first-order valence-corrected chi connectivity index (χ1v) is 8.84. The van der Waals surface area contributed by atoms with Crippen LogP contribution >= 0.6 is 11.6 Å². The highest BCUT2D eigenvalue weighted by atomic mass is 35.5. The van der Waals surface area contributed by atoms with Crippen molar-refractivity contribution in [3.05, 3.63) is 53.4 Å². The number of aromatic nitrogens is 2. The van der Waals surface area contributed by atoms with Gasteiger partial charge in [0.2, 0.25) is 11.7 Å². The summed E-state index contributed by atoms with van der Waals surface area (Å²) in [6.45, 7) is 0.397. The molecule has 3 N–H and O–H groups in total. The van der Waals surface area contributed by atoms with Crippen molar-refractivity contribution in [2.75, 3.05) is 26.1 Å². The average Bonchev–Trinajstić information content (AvgIpc) is 3.17. The molecule has 0 amide bonds. The number of halogens is 1. The second-order valence-electron chi connectivity index (χ2n) is 5.73. The lowest BCUT2D eigenvalue weighted by molar-refractivity contribution is 0.355. The van der Waals surface area contributed by atoms with Crippen molar-refractivity contribution >= 4 is 23.2 Å². The first-order valence-electron chi connectivity index (χ1n) is 8.46. The molecule has 0 atom stereocenters. The number of guanidine groups is 1. The van der Waals surface area contributed by atoms with E-state index in [-0.39, 0.29) is 5.96 Å². The largest absolute Gasteiger partial charge is 0.493 e. The molecule has 8 nitrogen and oxygen atoms in total. The van der Waals surface area contributed by atoms with E-state index < -0.39 is 0 Å². The lowest BCUT2D eigenvalue weighted by Crippen LogP contribution is -2.23. The second-order valence-corrected chi connectivity index (χ2v) is 6.17. The Morgan fingerprint density at radius 2 is 1.89 bits per heavy atom. The molecule has 0 saturated heterocycles. The average molecular weight is 402 g/mol. The number of aliphatic imine (C=N–C) groups is 1. The topological polar surface area (TPSA) is 108 Å². The van der Waals surface area contributed by atoms with Crippen LogP contribution in [0.15, 0.2) is 52.0 Å². The zero-order valence-corrected chi connectivity index (χ0v) is 16.2. The first kappa shape index (κ1) is 19.5. The molecule has 0 aliphatic heterocycles. The van der Waals surface area contributed by atoms with E-state index in [1.165, 1.54) is 0 Å². The van der Waals surface area contributed by atoms with E-state index in [0.717, 1.165) is 11.3 Å². The van der Waals surface area contributed by atoms with Gasteiger partial charge in [-0.1, -0.05) is 16.8 Å². The third kappa shape index (κ3) is 4.92. The van der Waals surface area contributed by atoms with Gasteiger partial charge in [-0.3, -0.25) is 4.99 Å². The Balaban J connectivity index is 1.56. The maximum Gasteiger partial charge on any atom is 0.228 e. The lowest BCUT2D eigenvalue weighted by Gasteiger charge is -2.10. The molecule has 0 bridgehead atoms. The highest BCUT2D eigenvalue weighted by molar-refractivity contribution is 6.30. The normalized spacial score (nSPS) is 11.3. The van der Waals surface area contributed by atoms with Gasteiger partial charge in [0.25, 0.3) is 0 Å². The third-order valence-corrected chi connectivity index (χ3v) is 4.09. The monoisotopic (exact) mass is 401 g/mol. The number of anilines is 1. The summed E-state index contributed by atoms with van der Waals surface area (Å²) >= 11 is 5.88. The van der Waals surface area contributed by atoms with E-state index >= 15 is 0 Å². The Morgan fingerprint density at radius 1 is 1.14 bits per heavy atom. The number of hydrogen-bond donors (Lipinski definition) is 2. The molecule has 0 radical (unpaired) electrons. The van der Waals surface area contributed by atoms with Gasteiger partial charge in [0.1, 0.15) is 0 Å². The molecule has 3 aromatic rings. The smallest absolute Gasteiger partial charge is 0.228 e. The fraction of sp³-hybridized carbons (Fsp3) is 0.211. The number of nitrogens with two attached hydrogens (primary N) is 1. The molecular weight excluding hydrogens is 382 g/mol. The summed E-state index contributed by atoms with van der Waals surface area (Å²) in [7, 11) is 3.15. The third-order valence-electron chi connectivity index (χ3n) is 3.83. The SMILES string of the molecule is COc1ccc(NC(N)=NCCc2nc(-c3ccc(Cl)cc3)no2)cc1OC. The number of methoxy groups -OCH3 is 2. The lowest BCUT2D eigenvalue weighted by atomic mass is 10.2. The fourth-order valence-corrected chi connectivity index (χ4v) is 2.57. The molecule has 0 aliphatic rings. The maximum atomic E-state index is 5.93. The van der Waals surface area contributed by atoms with Crippen molar-refractivity contribution in [3.63, 3.8) is 0 Å².